The standard InChI is InChI=1S/C17H24N4O2.2C2HF3O2/c1-19-7-15(6-18-19)9-20-3-5-23-17-12-21(11-16(17)10-20)8-14-2-4-22-13-14;2*3-2(4,5)1(6)7/h2,4,6-7,13,16-17H,3,5,8-12H2,1H3;2*(H,6,7)/t16-,17+;;/m0../s1. The van der Waals surface area contributed by atoms with Crippen LogP contribution in [0, 0.1) is 5.92 Å². The Labute approximate surface area is 207 Å². The van der Waals surface area contributed by atoms with E-state index < -0.39 is 24.3 Å². The molecule has 0 unspecified atom stereocenters. The summed E-state index contributed by atoms with van der Waals surface area (Å²) in [6.07, 6.45) is -2.16. The molecule has 2 aromatic heterocycles. The van der Waals surface area contributed by atoms with E-state index in [9.17, 15) is 26.3 Å². The van der Waals surface area contributed by atoms with Gasteiger partial charge in [0.25, 0.3) is 0 Å². The van der Waals surface area contributed by atoms with Crippen molar-refractivity contribution in [1.82, 2.24) is 19.6 Å². The maximum absolute atomic E-state index is 10.6. The van der Waals surface area contributed by atoms with Gasteiger partial charge in [-0.25, -0.2) is 9.59 Å². The number of halogens is 6. The lowest BCUT2D eigenvalue weighted by Crippen LogP contribution is -2.32. The zero-order chi connectivity index (χ0) is 27.8. The van der Waals surface area contributed by atoms with Crippen LogP contribution in [-0.2, 0) is 34.5 Å². The zero-order valence-electron chi connectivity index (χ0n) is 19.6. The first kappa shape index (κ1) is 30.1. The number of carboxylic acids is 2. The molecule has 2 saturated heterocycles. The molecule has 2 N–H and O–H groups in total. The molecule has 37 heavy (non-hydrogen) atoms. The van der Waals surface area contributed by atoms with Crippen molar-refractivity contribution >= 4 is 11.9 Å². The largest absolute Gasteiger partial charge is 0.490 e. The Balaban J connectivity index is 0.000000286. The molecular weight excluding hydrogens is 518 g/mol. The number of hydrogen-bond donors (Lipinski definition) is 2. The second kappa shape index (κ2) is 12.9. The number of ether oxygens (including phenoxy) is 1. The average Bonchev–Trinajstić information content (AvgIpc) is 3.48. The number of aromatic nitrogens is 2. The van der Waals surface area contributed by atoms with Crippen LogP contribution >= 0.6 is 0 Å². The molecule has 0 saturated carbocycles. The fraction of sp³-hybridized carbons (Fsp3) is 0.571. The maximum atomic E-state index is 10.6. The predicted octanol–water partition coefficient (Wildman–Crippen LogP) is 2.61. The highest BCUT2D eigenvalue weighted by Gasteiger charge is 2.39. The third-order valence-electron chi connectivity index (χ3n) is 5.32. The zero-order valence-corrected chi connectivity index (χ0v) is 19.6. The van der Waals surface area contributed by atoms with Crippen molar-refractivity contribution in [1.29, 1.82) is 0 Å². The summed E-state index contributed by atoms with van der Waals surface area (Å²) in [6.45, 7) is 6.96. The summed E-state index contributed by atoms with van der Waals surface area (Å²) in [6, 6.07) is 2.05. The lowest BCUT2D eigenvalue weighted by molar-refractivity contribution is -0.193. The maximum Gasteiger partial charge on any atom is 0.490 e. The molecule has 0 aromatic carbocycles. The van der Waals surface area contributed by atoms with E-state index in [1.54, 1.807) is 6.26 Å². The van der Waals surface area contributed by atoms with Crippen molar-refractivity contribution in [2.75, 3.05) is 32.8 Å². The molecule has 4 heterocycles. The molecule has 2 atom stereocenters. The summed E-state index contributed by atoms with van der Waals surface area (Å²) >= 11 is 0. The fourth-order valence-corrected chi connectivity index (χ4v) is 3.77. The van der Waals surface area contributed by atoms with Crippen LogP contribution in [0.5, 0.6) is 0 Å². The van der Waals surface area contributed by atoms with E-state index in [1.165, 1.54) is 11.1 Å². The third kappa shape index (κ3) is 10.4. The molecular formula is C21H26F6N4O6. The first-order valence-corrected chi connectivity index (χ1v) is 10.8. The van der Waals surface area contributed by atoms with Crippen LogP contribution in [0.15, 0.2) is 35.4 Å². The normalized spacial score (nSPS) is 20.6. The minimum Gasteiger partial charge on any atom is -0.475 e. The Morgan fingerprint density at radius 1 is 1.00 bits per heavy atom. The highest BCUT2D eigenvalue weighted by Crippen LogP contribution is 2.26. The molecule has 10 nitrogen and oxygen atoms in total. The van der Waals surface area contributed by atoms with Gasteiger partial charge < -0.3 is 19.4 Å². The summed E-state index contributed by atoms with van der Waals surface area (Å²) in [5.74, 6) is -4.93. The molecule has 0 spiro atoms. The number of rotatable bonds is 4. The molecule has 4 rings (SSSR count). The summed E-state index contributed by atoms with van der Waals surface area (Å²) in [7, 11) is 1.97. The van der Waals surface area contributed by atoms with Crippen molar-refractivity contribution < 1.29 is 55.3 Å². The smallest absolute Gasteiger partial charge is 0.475 e. The molecule has 16 heteroatoms. The van der Waals surface area contributed by atoms with Gasteiger partial charge in [-0.1, -0.05) is 0 Å². The number of hydrogen-bond acceptors (Lipinski definition) is 7. The molecule has 0 bridgehead atoms. The van der Waals surface area contributed by atoms with Crippen molar-refractivity contribution in [3.05, 3.63) is 42.1 Å². The number of nitrogens with zero attached hydrogens (tertiary/aromatic N) is 4. The van der Waals surface area contributed by atoms with E-state index in [2.05, 4.69) is 21.1 Å². The summed E-state index contributed by atoms with van der Waals surface area (Å²) in [5.41, 5.74) is 2.52. The summed E-state index contributed by atoms with van der Waals surface area (Å²) in [4.78, 5) is 22.8. The van der Waals surface area contributed by atoms with E-state index in [4.69, 9.17) is 29.0 Å². The van der Waals surface area contributed by atoms with Gasteiger partial charge in [0, 0.05) is 69.6 Å². The van der Waals surface area contributed by atoms with Crippen molar-refractivity contribution in [2.24, 2.45) is 13.0 Å². The Morgan fingerprint density at radius 3 is 2.05 bits per heavy atom. The average molecular weight is 544 g/mol. The van der Waals surface area contributed by atoms with E-state index in [1.807, 2.05) is 30.3 Å². The van der Waals surface area contributed by atoms with Crippen molar-refractivity contribution in [3.63, 3.8) is 0 Å². The molecule has 0 radical (unpaired) electrons. The van der Waals surface area contributed by atoms with Crippen LogP contribution in [0.25, 0.3) is 0 Å². The number of carbonyl (C=O) groups is 2. The monoisotopic (exact) mass is 544 g/mol. The topological polar surface area (TPSA) is 121 Å². The minimum atomic E-state index is -5.08. The SMILES string of the molecule is Cn1cc(CN2CCO[C@@H]3CN(Cc4ccoc4)C[C@@H]3C2)cn1.O=C(O)C(F)(F)F.O=C(O)C(F)(F)F. The van der Waals surface area contributed by atoms with Gasteiger partial charge in [-0.15, -0.1) is 0 Å². The van der Waals surface area contributed by atoms with E-state index in [0.717, 1.165) is 45.9 Å². The van der Waals surface area contributed by atoms with Gasteiger partial charge in [0.05, 0.1) is 31.4 Å². The van der Waals surface area contributed by atoms with Gasteiger partial charge in [-0.2, -0.15) is 31.4 Å². The van der Waals surface area contributed by atoms with Gasteiger partial charge in [0.15, 0.2) is 0 Å². The highest BCUT2D eigenvalue weighted by atomic mass is 19.4. The lowest BCUT2D eigenvalue weighted by atomic mass is 10.1. The van der Waals surface area contributed by atoms with Gasteiger partial charge in [0.2, 0.25) is 0 Å². The first-order chi connectivity index (χ1) is 17.1. The van der Waals surface area contributed by atoms with Gasteiger partial charge in [0.1, 0.15) is 0 Å². The summed E-state index contributed by atoms with van der Waals surface area (Å²) < 4.78 is 76.6. The Bertz CT molecular complexity index is 971. The van der Waals surface area contributed by atoms with E-state index in [-0.39, 0.29) is 0 Å². The van der Waals surface area contributed by atoms with Crippen LogP contribution in [0.1, 0.15) is 11.1 Å². The molecule has 208 valence electrons. The number of aliphatic carboxylic acids is 2. The number of furan rings is 1. The molecule has 0 aliphatic carbocycles. The third-order valence-corrected chi connectivity index (χ3v) is 5.32. The fourth-order valence-electron chi connectivity index (χ4n) is 3.77. The number of aryl methyl sites for hydroxylation is 1. The molecule has 0 amide bonds. The lowest BCUT2D eigenvalue weighted by Gasteiger charge is -2.22. The van der Waals surface area contributed by atoms with Gasteiger partial charge >= 0.3 is 24.3 Å². The molecule has 2 aliphatic rings. The Hall–Kier alpha value is -3.11. The Kier molecular flexibility index (Phi) is 10.5. The minimum absolute atomic E-state index is 0.362. The molecule has 2 aromatic rings. The second-order valence-electron chi connectivity index (χ2n) is 8.36. The quantitative estimate of drug-likeness (QED) is 0.560. The van der Waals surface area contributed by atoms with Crippen LogP contribution in [0.2, 0.25) is 0 Å². The van der Waals surface area contributed by atoms with Crippen LogP contribution in [0.4, 0.5) is 26.3 Å². The van der Waals surface area contributed by atoms with Crippen LogP contribution in [-0.4, -0.2) is 93.0 Å². The van der Waals surface area contributed by atoms with Crippen LogP contribution < -0.4 is 0 Å². The molecule has 2 aliphatic heterocycles. The van der Waals surface area contributed by atoms with Crippen molar-refractivity contribution in [2.45, 2.75) is 31.5 Å². The number of likely N-dealkylation sites (tertiary alicyclic amines) is 1. The Morgan fingerprint density at radius 2 is 1.57 bits per heavy atom. The number of fused-ring (bicyclic) bond motifs is 1. The van der Waals surface area contributed by atoms with Crippen LogP contribution in [0.3, 0.4) is 0 Å². The van der Waals surface area contributed by atoms with Crippen molar-refractivity contribution in [3.8, 4) is 0 Å². The molecule has 2 fully saturated rings. The second-order valence-corrected chi connectivity index (χ2v) is 8.36. The highest BCUT2D eigenvalue weighted by molar-refractivity contribution is 5.73. The predicted molar refractivity (Wildman–Crippen MR) is 113 cm³/mol. The first-order valence-electron chi connectivity index (χ1n) is 10.8. The van der Waals surface area contributed by atoms with Gasteiger partial charge in [-0.05, 0) is 6.07 Å². The summed E-state index contributed by atoms with van der Waals surface area (Å²) in [5, 5.41) is 18.5. The van der Waals surface area contributed by atoms with E-state index >= 15 is 0 Å². The number of carboxylic acid groups (broad SMARTS) is 2. The van der Waals surface area contributed by atoms with Gasteiger partial charge in [-0.3, -0.25) is 14.5 Å². The number of alkyl halides is 6. The van der Waals surface area contributed by atoms with E-state index in [0.29, 0.717) is 12.0 Å².